The van der Waals surface area contributed by atoms with Crippen LogP contribution in [0.1, 0.15) is 39.0 Å². The monoisotopic (exact) mass is 328 g/mol. The second-order valence-corrected chi connectivity index (χ2v) is 7.59. The van der Waals surface area contributed by atoms with Gasteiger partial charge < -0.3 is 0 Å². The molecule has 0 radical (unpaired) electrons. The summed E-state index contributed by atoms with van der Waals surface area (Å²) in [5.41, 5.74) is 2.75. The van der Waals surface area contributed by atoms with E-state index in [1.54, 1.807) is 0 Å². The van der Waals surface area contributed by atoms with Gasteiger partial charge in [-0.25, -0.2) is 4.98 Å². The molecule has 2 aromatic heterocycles. The number of H-pyrrole nitrogens is 1. The number of fused-ring (bicyclic) bond motifs is 1. The Balaban J connectivity index is 2.14. The zero-order chi connectivity index (χ0) is 16.8. The van der Waals surface area contributed by atoms with Crippen molar-refractivity contribution in [2.24, 2.45) is 4.99 Å². The molecule has 0 atom stereocenters. The van der Waals surface area contributed by atoms with Gasteiger partial charge in [0.15, 0.2) is 0 Å². The van der Waals surface area contributed by atoms with E-state index in [4.69, 9.17) is 0 Å². The molecular formula is C17H20N4OS. The van der Waals surface area contributed by atoms with E-state index in [0.717, 1.165) is 21.6 Å². The first-order valence-electron chi connectivity index (χ1n) is 7.50. The number of nitrogens with zero attached hydrogens (tertiary/aromatic N) is 3. The largest absolute Gasteiger partial charge is 0.293 e. The lowest BCUT2D eigenvalue weighted by Gasteiger charge is -2.13. The van der Waals surface area contributed by atoms with E-state index < -0.39 is 0 Å². The molecule has 1 aromatic carbocycles. The second kappa shape index (κ2) is 5.45. The summed E-state index contributed by atoms with van der Waals surface area (Å²) in [7, 11) is 0. The predicted octanol–water partition coefficient (Wildman–Crippen LogP) is 3.69. The van der Waals surface area contributed by atoms with Crippen LogP contribution < -0.4 is 5.56 Å². The van der Waals surface area contributed by atoms with Crippen LogP contribution in [0.3, 0.4) is 0 Å². The Bertz CT molecular complexity index is 920. The van der Waals surface area contributed by atoms with Crippen molar-refractivity contribution in [2.75, 3.05) is 0 Å². The van der Waals surface area contributed by atoms with Gasteiger partial charge in [0.1, 0.15) is 0 Å². The van der Waals surface area contributed by atoms with Gasteiger partial charge in [-0.1, -0.05) is 23.5 Å². The predicted molar refractivity (Wildman–Crippen MR) is 96.3 cm³/mol. The Hall–Kier alpha value is -2.21. The van der Waals surface area contributed by atoms with Gasteiger partial charge in [0.2, 0.25) is 5.13 Å². The number of aromatic nitrogens is 3. The fourth-order valence-electron chi connectivity index (χ4n) is 2.62. The summed E-state index contributed by atoms with van der Waals surface area (Å²) in [5.74, 6) is 0. The maximum absolute atomic E-state index is 12.8. The van der Waals surface area contributed by atoms with Gasteiger partial charge in [-0.3, -0.25) is 14.9 Å². The number of hydrogen-bond acceptors (Lipinski definition) is 4. The highest BCUT2D eigenvalue weighted by molar-refractivity contribution is 7.20. The highest BCUT2D eigenvalue weighted by Crippen LogP contribution is 2.23. The number of para-hydroxylation sites is 1. The fraction of sp³-hybridized carbons (Fsp3) is 0.353. The molecule has 0 bridgehead atoms. The van der Waals surface area contributed by atoms with Crippen molar-refractivity contribution >= 4 is 27.3 Å². The van der Waals surface area contributed by atoms with Crippen LogP contribution in [-0.4, -0.2) is 26.0 Å². The minimum Gasteiger partial charge on any atom is -0.293 e. The molecule has 2 heterocycles. The molecule has 0 unspecified atom stereocenters. The van der Waals surface area contributed by atoms with Gasteiger partial charge in [-0.05, 0) is 46.8 Å². The van der Waals surface area contributed by atoms with Crippen molar-refractivity contribution in [3.63, 3.8) is 0 Å². The SMILES string of the molecule is CC(=NC(C)(C)C)c1c(C)[nH]n(-c2nc3ccccc3s2)c1=O. The van der Waals surface area contributed by atoms with Gasteiger partial charge in [0.05, 0.1) is 21.3 Å². The van der Waals surface area contributed by atoms with Crippen LogP contribution in [0.4, 0.5) is 0 Å². The number of aryl methyl sites for hydroxylation is 1. The van der Waals surface area contributed by atoms with E-state index in [2.05, 4.69) is 15.1 Å². The van der Waals surface area contributed by atoms with Crippen molar-refractivity contribution < 1.29 is 0 Å². The summed E-state index contributed by atoms with van der Waals surface area (Å²) < 4.78 is 2.57. The summed E-state index contributed by atoms with van der Waals surface area (Å²) in [4.78, 5) is 22.0. The molecule has 1 N–H and O–H groups in total. The summed E-state index contributed by atoms with van der Waals surface area (Å²) in [6.07, 6.45) is 0. The quantitative estimate of drug-likeness (QED) is 0.729. The Labute approximate surface area is 138 Å². The molecule has 0 aliphatic carbocycles. The Kier molecular flexibility index (Phi) is 3.72. The molecule has 0 saturated carbocycles. The van der Waals surface area contributed by atoms with Crippen molar-refractivity contribution in [1.82, 2.24) is 14.8 Å². The smallest absolute Gasteiger partial charge is 0.282 e. The summed E-state index contributed by atoms with van der Waals surface area (Å²) in [5, 5.41) is 3.78. The minimum atomic E-state index is -0.221. The first-order valence-corrected chi connectivity index (χ1v) is 8.32. The Morgan fingerprint density at radius 1 is 1.30 bits per heavy atom. The van der Waals surface area contributed by atoms with Crippen LogP contribution >= 0.6 is 11.3 Å². The Morgan fingerprint density at radius 3 is 2.65 bits per heavy atom. The standard InChI is InChI=1S/C17H20N4OS/c1-10(19-17(3,4)5)14-11(2)20-21(15(14)22)16-18-12-8-6-7-9-13(12)23-16/h6-9,20H,1-5H3. The number of rotatable bonds is 2. The first kappa shape index (κ1) is 15.7. The molecule has 0 aliphatic heterocycles. The van der Waals surface area contributed by atoms with Crippen LogP contribution in [-0.2, 0) is 0 Å². The number of benzene rings is 1. The van der Waals surface area contributed by atoms with Crippen molar-refractivity contribution in [1.29, 1.82) is 0 Å². The maximum Gasteiger partial charge on any atom is 0.282 e. The normalized spacial score (nSPS) is 13.0. The van der Waals surface area contributed by atoms with E-state index in [0.29, 0.717) is 10.7 Å². The third-order valence-electron chi connectivity index (χ3n) is 3.41. The van der Waals surface area contributed by atoms with E-state index in [-0.39, 0.29) is 11.1 Å². The molecule has 0 saturated heterocycles. The fourth-order valence-corrected chi connectivity index (χ4v) is 3.55. The molecule has 120 valence electrons. The lowest BCUT2D eigenvalue weighted by atomic mass is 10.1. The van der Waals surface area contributed by atoms with E-state index in [9.17, 15) is 4.79 Å². The zero-order valence-electron chi connectivity index (χ0n) is 14.0. The average Bonchev–Trinajstić information content (AvgIpc) is 2.97. The van der Waals surface area contributed by atoms with Crippen LogP contribution in [0.5, 0.6) is 0 Å². The molecule has 0 aliphatic rings. The van der Waals surface area contributed by atoms with E-state index in [1.165, 1.54) is 16.0 Å². The lowest BCUT2D eigenvalue weighted by molar-refractivity contribution is 0.583. The number of hydrogen-bond donors (Lipinski definition) is 1. The summed E-state index contributed by atoms with van der Waals surface area (Å²) >= 11 is 1.49. The third kappa shape index (κ3) is 2.99. The third-order valence-corrected chi connectivity index (χ3v) is 4.43. The van der Waals surface area contributed by atoms with Crippen LogP contribution in [0.15, 0.2) is 34.1 Å². The molecule has 3 aromatic rings. The number of aromatic amines is 1. The maximum atomic E-state index is 12.8. The van der Waals surface area contributed by atoms with Crippen LogP contribution in [0, 0.1) is 6.92 Å². The highest BCUT2D eigenvalue weighted by atomic mass is 32.1. The van der Waals surface area contributed by atoms with Gasteiger partial charge >= 0.3 is 0 Å². The van der Waals surface area contributed by atoms with Crippen LogP contribution in [0.2, 0.25) is 0 Å². The van der Waals surface area contributed by atoms with Gasteiger partial charge in [-0.15, -0.1) is 0 Å². The van der Waals surface area contributed by atoms with Crippen molar-refractivity contribution in [2.45, 2.75) is 40.2 Å². The molecular weight excluding hydrogens is 308 g/mol. The summed E-state index contributed by atoms with van der Waals surface area (Å²) in [6.45, 7) is 9.83. The van der Waals surface area contributed by atoms with E-state index >= 15 is 0 Å². The van der Waals surface area contributed by atoms with Gasteiger partial charge in [0, 0.05) is 11.4 Å². The van der Waals surface area contributed by atoms with Gasteiger partial charge in [0.25, 0.3) is 5.56 Å². The zero-order valence-corrected chi connectivity index (χ0v) is 14.8. The summed E-state index contributed by atoms with van der Waals surface area (Å²) in [6, 6.07) is 7.87. The Morgan fingerprint density at radius 2 is 2.00 bits per heavy atom. The number of thiazole rings is 1. The minimum absolute atomic E-state index is 0.105. The topological polar surface area (TPSA) is 63.0 Å². The number of aliphatic imine (C=N–C) groups is 1. The number of nitrogens with one attached hydrogen (secondary N) is 1. The van der Waals surface area contributed by atoms with Crippen molar-refractivity contribution in [3.05, 3.63) is 45.9 Å². The molecule has 5 nitrogen and oxygen atoms in total. The van der Waals surface area contributed by atoms with Crippen LogP contribution in [0.25, 0.3) is 15.3 Å². The highest BCUT2D eigenvalue weighted by Gasteiger charge is 2.19. The van der Waals surface area contributed by atoms with Gasteiger partial charge in [-0.2, -0.15) is 4.68 Å². The molecule has 0 spiro atoms. The molecule has 23 heavy (non-hydrogen) atoms. The molecule has 3 rings (SSSR count). The molecule has 0 amide bonds. The first-order chi connectivity index (χ1) is 10.8. The van der Waals surface area contributed by atoms with Crippen molar-refractivity contribution in [3.8, 4) is 5.13 Å². The second-order valence-electron chi connectivity index (χ2n) is 6.58. The van der Waals surface area contributed by atoms with E-state index in [1.807, 2.05) is 58.9 Å². The lowest BCUT2D eigenvalue weighted by Crippen LogP contribution is -2.22. The molecule has 6 heteroatoms. The average molecular weight is 328 g/mol. The molecule has 0 fully saturated rings.